The molecule has 0 fully saturated rings. The van der Waals surface area contributed by atoms with Crippen molar-refractivity contribution in [3.05, 3.63) is 0 Å². The van der Waals surface area contributed by atoms with Gasteiger partial charge in [-0.25, -0.2) is 0 Å². The van der Waals surface area contributed by atoms with Crippen LogP contribution in [0.15, 0.2) is 0 Å². The van der Waals surface area contributed by atoms with E-state index in [9.17, 15) is 0 Å². The predicted molar refractivity (Wildman–Crippen MR) is 54.7 cm³/mol. The molecule has 0 aromatic rings. The van der Waals surface area contributed by atoms with Crippen LogP contribution in [0.1, 0.15) is 13.3 Å². The van der Waals surface area contributed by atoms with Crippen LogP contribution in [0.2, 0.25) is 0 Å². The standard InChI is InChI=1S/C7H17IN2/c1-3-5-10(7-8)6-4-9-2/h9H,3-7H2,1-2H3. The first-order valence-electron chi connectivity index (χ1n) is 3.78. The first-order chi connectivity index (χ1) is 4.85. The molecule has 0 radical (unpaired) electrons. The van der Waals surface area contributed by atoms with Crippen LogP contribution in [0.25, 0.3) is 0 Å². The molecule has 0 saturated carbocycles. The molecule has 0 aliphatic heterocycles. The number of nitrogens with one attached hydrogen (secondary N) is 1. The molecule has 0 aliphatic carbocycles. The third kappa shape index (κ3) is 5.44. The molecule has 0 unspecified atom stereocenters. The third-order valence-electron chi connectivity index (χ3n) is 1.39. The highest BCUT2D eigenvalue weighted by Crippen LogP contribution is 1.94. The van der Waals surface area contributed by atoms with Gasteiger partial charge in [0.2, 0.25) is 0 Å². The fourth-order valence-electron chi connectivity index (χ4n) is 0.817. The van der Waals surface area contributed by atoms with E-state index in [1.807, 2.05) is 7.05 Å². The molecule has 0 spiro atoms. The van der Waals surface area contributed by atoms with Gasteiger partial charge < -0.3 is 5.32 Å². The van der Waals surface area contributed by atoms with Gasteiger partial charge in [-0.2, -0.15) is 0 Å². The number of hydrogen-bond donors (Lipinski definition) is 1. The van der Waals surface area contributed by atoms with Crippen molar-refractivity contribution in [3.63, 3.8) is 0 Å². The zero-order chi connectivity index (χ0) is 7.82. The monoisotopic (exact) mass is 256 g/mol. The van der Waals surface area contributed by atoms with Crippen molar-refractivity contribution in [1.29, 1.82) is 0 Å². The number of halogens is 1. The quantitative estimate of drug-likeness (QED) is 0.438. The van der Waals surface area contributed by atoms with E-state index in [-0.39, 0.29) is 0 Å². The fraction of sp³-hybridized carbons (Fsp3) is 1.00. The van der Waals surface area contributed by atoms with Gasteiger partial charge in [0.05, 0.1) is 4.55 Å². The van der Waals surface area contributed by atoms with Crippen molar-refractivity contribution < 1.29 is 0 Å². The second kappa shape index (κ2) is 7.75. The summed E-state index contributed by atoms with van der Waals surface area (Å²) in [5, 5.41) is 3.15. The number of rotatable bonds is 6. The summed E-state index contributed by atoms with van der Waals surface area (Å²) >= 11 is 2.41. The molecule has 3 heteroatoms. The lowest BCUT2D eigenvalue weighted by atomic mass is 10.4. The number of nitrogens with zero attached hydrogens (tertiary/aromatic N) is 1. The average molecular weight is 256 g/mol. The smallest absolute Gasteiger partial charge is 0.0506 e. The summed E-state index contributed by atoms with van der Waals surface area (Å²) in [6.07, 6.45) is 1.26. The van der Waals surface area contributed by atoms with E-state index in [0.29, 0.717) is 0 Å². The second-order valence-corrected chi connectivity index (χ2v) is 3.02. The topological polar surface area (TPSA) is 15.3 Å². The number of alkyl halides is 1. The summed E-state index contributed by atoms with van der Waals surface area (Å²) in [4.78, 5) is 2.44. The van der Waals surface area contributed by atoms with Gasteiger partial charge in [0, 0.05) is 13.1 Å². The molecular formula is C7H17IN2. The lowest BCUT2D eigenvalue weighted by Gasteiger charge is -2.17. The van der Waals surface area contributed by atoms with Crippen molar-refractivity contribution >= 4 is 22.6 Å². The maximum absolute atomic E-state index is 3.15. The maximum atomic E-state index is 3.15. The second-order valence-electron chi connectivity index (χ2n) is 2.34. The van der Waals surface area contributed by atoms with Crippen LogP contribution >= 0.6 is 22.6 Å². The highest BCUT2D eigenvalue weighted by Gasteiger charge is 1.98. The van der Waals surface area contributed by atoms with Gasteiger partial charge in [-0.1, -0.05) is 29.5 Å². The SMILES string of the molecule is CCCN(CI)CCNC. The molecule has 1 N–H and O–H groups in total. The molecule has 0 aromatic carbocycles. The van der Waals surface area contributed by atoms with E-state index in [1.54, 1.807) is 0 Å². The molecule has 0 heterocycles. The van der Waals surface area contributed by atoms with Crippen LogP contribution in [-0.2, 0) is 0 Å². The van der Waals surface area contributed by atoms with E-state index >= 15 is 0 Å². The summed E-state index contributed by atoms with van der Waals surface area (Å²) in [6, 6.07) is 0. The Morgan fingerprint density at radius 3 is 2.50 bits per heavy atom. The first kappa shape index (κ1) is 10.7. The molecule has 10 heavy (non-hydrogen) atoms. The lowest BCUT2D eigenvalue weighted by molar-refractivity contribution is 0.330. The van der Waals surface area contributed by atoms with Gasteiger partial charge in [-0.3, -0.25) is 4.90 Å². The van der Waals surface area contributed by atoms with E-state index in [4.69, 9.17) is 0 Å². The molecule has 62 valence electrons. The number of hydrogen-bond acceptors (Lipinski definition) is 2. The van der Waals surface area contributed by atoms with Crippen LogP contribution in [0.4, 0.5) is 0 Å². The molecule has 2 nitrogen and oxygen atoms in total. The van der Waals surface area contributed by atoms with Crippen LogP contribution in [0.5, 0.6) is 0 Å². The van der Waals surface area contributed by atoms with Gasteiger partial charge >= 0.3 is 0 Å². The van der Waals surface area contributed by atoms with Crippen LogP contribution in [0.3, 0.4) is 0 Å². The molecular weight excluding hydrogens is 239 g/mol. The van der Waals surface area contributed by atoms with Gasteiger partial charge in [0.1, 0.15) is 0 Å². The Hall–Kier alpha value is 0.650. The zero-order valence-corrected chi connectivity index (χ0v) is 9.02. The van der Waals surface area contributed by atoms with Crippen molar-refractivity contribution in [2.75, 3.05) is 31.2 Å². The minimum atomic E-state index is 1.10. The van der Waals surface area contributed by atoms with Crippen molar-refractivity contribution in [2.45, 2.75) is 13.3 Å². The van der Waals surface area contributed by atoms with Crippen LogP contribution in [0, 0.1) is 0 Å². The normalized spacial score (nSPS) is 10.8. The fourth-order valence-corrected chi connectivity index (χ4v) is 1.50. The molecule has 0 saturated heterocycles. The molecule has 0 aromatic heterocycles. The van der Waals surface area contributed by atoms with E-state index in [0.717, 1.165) is 11.1 Å². The third-order valence-corrected chi connectivity index (χ3v) is 2.35. The van der Waals surface area contributed by atoms with Crippen molar-refractivity contribution in [3.8, 4) is 0 Å². The Labute approximate surface area is 77.5 Å². The van der Waals surface area contributed by atoms with Gasteiger partial charge in [-0.15, -0.1) is 0 Å². The van der Waals surface area contributed by atoms with Crippen LogP contribution < -0.4 is 5.32 Å². The molecule has 0 aliphatic rings. The average Bonchev–Trinajstić information content (AvgIpc) is 1.98. The zero-order valence-electron chi connectivity index (χ0n) is 6.86. The highest BCUT2D eigenvalue weighted by atomic mass is 127. The van der Waals surface area contributed by atoms with Crippen molar-refractivity contribution in [2.24, 2.45) is 0 Å². The Kier molecular flexibility index (Phi) is 8.26. The minimum absolute atomic E-state index is 1.10. The predicted octanol–water partition coefficient (Wildman–Crippen LogP) is 1.31. The molecule has 0 bridgehead atoms. The minimum Gasteiger partial charge on any atom is -0.318 e. The molecule has 0 rings (SSSR count). The first-order valence-corrected chi connectivity index (χ1v) is 5.30. The summed E-state index contributed by atoms with van der Waals surface area (Å²) in [5.41, 5.74) is 0. The Morgan fingerprint density at radius 2 is 2.10 bits per heavy atom. The Balaban J connectivity index is 3.21. The Morgan fingerprint density at radius 1 is 1.40 bits per heavy atom. The van der Waals surface area contributed by atoms with Gasteiger partial charge in [0.15, 0.2) is 0 Å². The molecule has 0 amide bonds. The highest BCUT2D eigenvalue weighted by molar-refractivity contribution is 14.1. The summed E-state index contributed by atoms with van der Waals surface area (Å²) in [7, 11) is 2.00. The lowest BCUT2D eigenvalue weighted by Crippen LogP contribution is -2.30. The largest absolute Gasteiger partial charge is 0.318 e. The van der Waals surface area contributed by atoms with E-state index < -0.39 is 0 Å². The van der Waals surface area contributed by atoms with Crippen molar-refractivity contribution in [1.82, 2.24) is 10.2 Å². The van der Waals surface area contributed by atoms with Gasteiger partial charge in [-0.05, 0) is 20.0 Å². The number of likely N-dealkylation sites (N-methyl/N-ethyl adjacent to an activating group) is 1. The Bertz CT molecular complexity index is 68.6. The van der Waals surface area contributed by atoms with E-state index in [2.05, 4.69) is 39.7 Å². The van der Waals surface area contributed by atoms with E-state index in [1.165, 1.54) is 19.5 Å². The van der Waals surface area contributed by atoms with Gasteiger partial charge in [0.25, 0.3) is 0 Å². The summed E-state index contributed by atoms with van der Waals surface area (Å²) in [5.74, 6) is 0. The maximum Gasteiger partial charge on any atom is 0.0506 e. The molecule has 0 atom stereocenters. The summed E-state index contributed by atoms with van der Waals surface area (Å²) in [6.45, 7) is 5.72. The van der Waals surface area contributed by atoms with Crippen LogP contribution in [-0.4, -0.2) is 36.1 Å². The summed E-state index contributed by atoms with van der Waals surface area (Å²) < 4.78 is 1.15.